The fourth-order valence-electron chi connectivity index (χ4n) is 2.05. The Balaban J connectivity index is 2.06. The van der Waals surface area contributed by atoms with E-state index in [-0.39, 0.29) is 24.9 Å². The summed E-state index contributed by atoms with van der Waals surface area (Å²) >= 11 is 1.61. The summed E-state index contributed by atoms with van der Waals surface area (Å²) in [6.07, 6.45) is -0.597. The van der Waals surface area contributed by atoms with Gasteiger partial charge in [-0.1, -0.05) is 0 Å². The Morgan fingerprint density at radius 1 is 1.44 bits per heavy atom. The molecule has 2 aliphatic rings. The van der Waals surface area contributed by atoms with Gasteiger partial charge in [0.25, 0.3) is 0 Å². The lowest BCUT2D eigenvalue weighted by Gasteiger charge is -2.24. The minimum Gasteiger partial charge on any atom is -0.480 e. The van der Waals surface area contributed by atoms with Crippen molar-refractivity contribution in [1.29, 1.82) is 0 Å². The lowest BCUT2D eigenvalue weighted by Crippen LogP contribution is -2.49. The molecule has 2 heterocycles. The monoisotopic (exact) mass is 246 g/mol. The first kappa shape index (κ1) is 11.7. The van der Waals surface area contributed by atoms with Crippen molar-refractivity contribution in [2.75, 3.05) is 18.2 Å². The third-order valence-electron chi connectivity index (χ3n) is 2.86. The standard InChI is InChI=1S/C9H14N2O4S/c12-5-1-7(9(14)15)11(2-5)8(13)6-3-16-4-10-6/h5-7,10,12H,1-4H2,(H,14,15). The van der Waals surface area contributed by atoms with E-state index in [1.165, 1.54) is 4.90 Å². The number of aliphatic hydroxyl groups is 1. The number of amides is 1. The van der Waals surface area contributed by atoms with Crippen molar-refractivity contribution in [3.63, 3.8) is 0 Å². The maximum Gasteiger partial charge on any atom is 0.326 e. The van der Waals surface area contributed by atoms with E-state index in [0.29, 0.717) is 11.6 Å². The van der Waals surface area contributed by atoms with Gasteiger partial charge in [-0.2, -0.15) is 0 Å². The van der Waals surface area contributed by atoms with Gasteiger partial charge in [-0.15, -0.1) is 11.8 Å². The zero-order valence-electron chi connectivity index (χ0n) is 8.63. The van der Waals surface area contributed by atoms with Crippen LogP contribution in [0, 0.1) is 0 Å². The summed E-state index contributed by atoms with van der Waals surface area (Å²) in [6, 6.07) is -1.19. The Hall–Kier alpha value is -0.790. The number of aliphatic carboxylic acids is 1. The molecule has 0 radical (unpaired) electrons. The van der Waals surface area contributed by atoms with Crippen LogP contribution in [0.5, 0.6) is 0 Å². The van der Waals surface area contributed by atoms with Crippen LogP contribution in [0.25, 0.3) is 0 Å². The topological polar surface area (TPSA) is 89.9 Å². The summed E-state index contributed by atoms with van der Waals surface area (Å²) in [5.74, 6) is 0.118. The number of thioether (sulfide) groups is 1. The molecule has 0 aromatic carbocycles. The molecule has 7 heteroatoms. The molecule has 0 spiro atoms. The number of hydrogen-bond donors (Lipinski definition) is 3. The van der Waals surface area contributed by atoms with Gasteiger partial charge in [-0.25, -0.2) is 4.79 Å². The zero-order chi connectivity index (χ0) is 11.7. The number of rotatable bonds is 2. The normalized spacial score (nSPS) is 34.3. The van der Waals surface area contributed by atoms with E-state index in [9.17, 15) is 14.7 Å². The van der Waals surface area contributed by atoms with Gasteiger partial charge in [0.1, 0.15) is 6.04 Å². The molecule has 2 rings (SSSR count). The second-order valence-electron chi connectivity index (χ2n) is 4.01. The van der Waals surface area contributed by atoms with Gasteiger partial charge in [-0.05, 0) is 0 Å². The number of nitrogens with zero attached hydrogens (tertiary/aromatic N) is 1. The quantitative estimate of drug-likeness (QED) is 0.561. The van der Waals surface area contributed by atoms with Gasteiger partial charge in [0, 0.05) is 24.6 Å². The van der Waals surface area contributed by atoms with Gasteiger partial charge < -0.3 is 15.1 Å². The minimum absolute atomic E-state index is 0.124. The van der Waals surface area contributed by atoms with Crippen LogP contribution in [0.3, 0.4) is 0 Å². The van der Waals surface area contributed by atoms with Crippen LogP contribution in [0.4, 0.5) is 0 Å². The van der Waals surface area contributed by atoms with Crippen LogP contribution in [-0.2, 0) is 9.59 Å². The molecule has 1 amide bonds. The predicted molar refractivity (Wildman–Crippen MR) is 58.0 cm³/mol. The number of carbonyl (C=O) groups is 2. The van der Waals surface area contributed by atoms with Crippen LogP contribution in [0.1, 0.15) is 6.42 Å². The smallest absolute Gasteiger partial charge is 0.326 e. The maximum absolute atomic E-state index is 12.0. The second-order valence-corrected chi connectivity index (χ2v) is 5.04. The predicted octanol–water partition coefficient (Wildman–Crippen LogP) is -1.30. The molecule has 3 N–H and O–H groups in total. The van der Waals surface area contributed by atoms with Gasteiger partial charge >= 0.3 is 5.97 Å². The van der Waals surface area contributed by atoms with Crippen molar-refractivity contribution in [3.05, 3.63) is 0 Å². The maximum atomic E-state index is 12.0. The molecule has 0 aliphatic carbocycles. The molecule has 2 aliphatic heterocycles. The molecule has 0 aromatic heterocycles. The second kappa shape index (κ2) is 4.60. The number of aliphatic hydroxyl groups excluding tert-OH is 1. The highest BCUT2D eigenvalue weighted by molar-refractivity contribution is 7.99. The third-order valence-corrected chi connectivity index (χ3v) is 3.80. The first-order valence-corrected chi connectivity index (χ1v) is 6.27. The lowest BCUT2D eigenvalue weighted by atomic mass is 10.2. The summed E-state index contributed by atoms with van der Waals surface area (Å²) in [5.41, 5.74) is 0. The average molecular weight is 246 g/mol. The SMILES string of the molecule is O=C(O)C1CC(O)CN1C(=O)C1CSCN1. The van der Waals surface area contributed by atoms with Crippen LogP contribution >= 0.6 is 11.8 Å². The Kier molecular flexibility index (Phi) is 3.36. The molecule has 0 saturated carbocycles. The van der Waals surface area contributed by atoms with E-state index in [1.807, 2.05) is 0 Å². The van der Waals surface area contributed by atoms with Crippen molar-refractivity contribution in [1.82, 2.24) is 10.2 Å². The molecule has 6 nitrogen and oxygen atoms in total. The van der Waals surface area contributed by atoms with Gasteiger partial charge in [0.2, 0.25) is 5.91 Å². The fraction of sp³-hybridized carbons (Fsp3) is 0.778. The zero-order valence-corrected chi connectivity index (χ0v) is 9.44. The molecule has 2 saturated heterocycles. The number of β-amino-alcohol motifs (C(OH)–C–C–N with tert-alkyl or cyclic N) is 1. The van der Waals surface area contributed by atoms with Crippen LogP contribution < -0.4 is 5.32 Å². The Morgan fingerprint density at radius 2 is 2.19 bits per heavy atom. The molecule has 90 valence electrons. The average Bonchev–Trinajstić information content (AvgIpc) is 2.84. The summed E-state index contributed by atoms with van der Waals surface area (Å²) in [5, 5.41) is 21.4. The fourth-order valence-corrected chi connectivity index (χ4v) is 2.98. The van der Waals surface area contributed by atoms with Crippen LogP contribution in [-0.4, -0.2) is 63.4 Å². The van der Waals surface area contributed by atoms with Crippen LogP contribution in [0.15, 0.2) is 0 Å². The molecular weight excluding hydrogens is 232 g/mol. The van der Waals surface area contributed by atoms with E-state index in [4.69, 9.17) is 5.11 Å². The first-order valence-electron chi connectivity index (χ1n) is 5.12. The first-order chi connectivity index (χ1) is 7.59. The highest BCUT2D eigenvalue weighted by Crippen LogP contribution is 2.21. The van der Waals surface area contributed by atoms with E-state index in [0.717, 1.165) is 0 Å². The van der Waals surface area contributed by atoms with Gasteiger partial charge in [0.15, 0.2) is 0 Å². The Morgan fingerprint density at radius 3 is 2.75 bits per heavy atom. The third kappa shape index (κ3) is 2.16. The molecular formula is C9H14N2O4S. The molecule has 0 aromatic rings. The molecule has 3 atom stereocenters. The number of carbonyl (C=O) groups excluding carboxylic acids is 1. The molecule has 3 unspecified atom stereocenters. The number of carboxylic acids is 1. The van der Waals surface area contributed by atoms with E-state index < -0.39 is 18.1 Å². The number of hydrogen-bond acceptors (Lipinski definition) is 5. The minimum atomic E-state index is -1.05. The van der Waals surface area contributed by atoms with Crippen molar-refractivity contribution < 1.29 is 19.8 Å². The van der Waals surface area contributed by atoms with Crippen molar-refractivity contribution >= 4 is 23.6 Å². The number of nitrogens with one attached hydrogen (secondary N) is 1. The molecule has 16 heavy (non-hydrogen) atoms. The summed E-state index contributed by atoms with van der Waals surface area (Å²) in [6.45, 7) is 0.124. The summed E-state index contributed by atoms with van der Waals surface area (Å²) < 4.78 is 0. The number of likely N-dealkylation sites (tertiary alicyclic amines) is 1. The van der Waals surface area contributed by atoms with E-state index in [1.54, 1.807) is 11.8 Å². The van der Waals surface area contributed by atoms with Gasteiger partial charge in [0.05, 0.1) is 12.1 Å². The summed E-state index contributed by atoms with van der Waals surface area (Å²) in [4.78, 5) is 24.2. The number of carboxylic acid groups (broad SMARTS) is 1. The summed E-state index contributed by atoms with van der Waals surface area (Å²) in [7, 11) is 0. The highest BCUT2D eigenvalue weighted by Gasteiger charge is 2.41. The highest BCUT2D eigenvalue weighted by atomic mass is 32.2. The van der Waals surface area contributed by atoms with Crippen molar-refractivity contribution in [2.45, 2.75) is 24.6 Å². The van der Waals surface area contributed by atoms with Crippen LogP contribution in [0.2, 0.25) is 0 Å². The molecule has 2 fully saturated rings. The van der Waals surface area contributed by atoms with Gasteiger partial charge in [-0.3, -0.25) is 10.1 Å². The largest absolute Gasteiger partial charge is 0.480 e. The van der Waals surface area contributed by atoms with Crippen molar-refractivity contribution in [2.24, 2.45) is 0 Å². The lowest BCUT2D eigenvalue weighted by molar-refractivity contribution is -0.148. The Labute approximate surface area is 97.0 Å². The van der Waals surface area contributed by atoms with Crippen molar-refractivity contribution in [3.8, 4) is 0 Å². The van der Waals surface area contributed by atoms with E-state index >= 15 is 0 Å². The van der Waals surface area contributed by atoms with E-state index in [2.05, 4.69) is 5.32 Å². The Bertz CT molecular complexity index is 306. The molecule has 0 bridgehead atoms.